The van der Waals surface area contributed by atoms with E-state index in [0.29, 0.717) is 0 Å². The zero-order valence-electron chi connectivity index (χ0n) is 26.4. The molecule has 4 heteroatoms. The fourth-order valence-corrected chi connectivity index (χ4v) is 7.92. The molecule has 0 atom stereocenters. The Labute approximate surface area is 267 Å². The third-order valence-corrected chi connectivity index (χ3v) is 10.2. The van der Waals surface area contributed by atoms with E-state index in [1.165, 1.54) is 34.4 Å². The number of nitro benzene ring substituents is 1. The topological polar surface area (TPSA) is 46.4 Å². The van der Waals surface area contributed by atoms with Gasteiger partial charge in [-0.3, -0.25) is 10.1 Å². The van der Waals surface area contributed by atoms with E-state index in [1.54, 1.807) is 6.07 Å². The molecular formula is C41H42N2O2. The molecule has 228 valence electrons. The summed E-state index contributed by atoms with van der Waals surface area (Å²) in [7, 11) is 2.10. The first-order valence-electron chi connectivity index (χ1n) is 16.1. The second kappa shape index (κ2) is 12.7. The molecule has 4 aromatic carbocycles. The van der Waals surface area contributed by atoms with Gasteiger partial charge in [-0.25, -0.2) is 0 Å². The monoisotopic (exact) mass is 594 g/mol. The minimum absolute atomic E-state index is 0.169. The fraction of sp³-hybridized carbons (Fsp3) is 0.268. The zero-order chi connectivity index (χ0) is 31.4. The van der Waals surface area contributed by atoms with Crippen molar-refractivity contribution in [2.24, 2.45) is 0 Å². The first-order chi connectivity index (χ1) is 21.8. The van der Waals surface area contributed by atoms with Crippen molar-refractivity contribution in [2.75, 3.05) is 11.9 Å². The summed E-state index contributed by atoms with van der Waals surface area (Å²) in [4.78, 5) is 13.7. The molecule has 4 nitrogen and oxygen atoms in total. The SMILES string of the molecule is C=C(/C=C/C=C1/N(C)c2ccc([N+](=O)[O-])cc2C12CCCCC2)C(Cc1ccccc1)(Cc1ccccc1)c1ccccc1C. The zero-order valence-corrected chi connectivity index (χ0v) is 26.4. The molecule has 1 aliphatic heterocycles. The second-order valence-electron chi connectivity index (χ2n) is 12.8. The predicted octanol–water partition coefficient (Wildman–Crippen LogP) is 9.97. The van der Waals surface area contributed by atoms with Crippen molar-refractivity contribution in [1.82, 2.24) is 0 Å². The van der Waals surface area contributed by atoms with Crippen LogP contribution in [0.15, 0.2) is 139 Å². The molecule has 1 saturated carbocycles. The lowest BCUT2D eigenvalue weighted by atomic mass is 9.65. The van der Waals surface area contributed by atoms with Crippen LogP contribution in [0.25, 0.3) is 0 Å². The van der Waals surface area contributed by atoms with Crippen LogP contribution >= 0.6 is 0 Å². The Balaban J connectivity index is 1.44. The molecule has 0 aromatic heterocycles. The normalized spacial score (nSPS) is 16.8. The lowest BCUT2D eigenvalue weighted by Gasteiger charge is -2.38. The van der Waals surface area contributed by atoms with Gasteiger partial charge in [-0.2, -0.15) is 0 Å². The van der Waals surface area contributed by atoms with Gasteiger partial charge in [-0.1, -0.05) is 123 Å². The molecule has 1 heterocycles. The van der Waals surface area contributed by atoms with E-state index < -0.39 is 0 Å². The highest BCUT2D eigenvalue weighted by Crippen LogP contribution is 2.55. The van der Waals surface area contributed by atoms with Crippen LogP contribution in [0.5, 0.6) is 0 Å². The lowest BCUT2D eigenvalue weighted by Crippen LogP contribution is -2.34. The van der Waals surface area contributed by atoms with E-state index in [2.05, 4.69) is 122 Å². The van der Waals surface area contributed by atoms with Crippen molar-refractivity contribution in [1.29, 1.82) is 0 Å². The maximum atomic E-state index is 11.7. The van der Waals surface area contributed by atoms with E-state index >= 15 is 0 Å². The Morgan fingerprint density at radius 3 is 2.09 bits per heavy atom. The molecule has 45 heavy (non-hydrogen) atoms. The number of benzene rings is 4. The summed E-state index contributed by atoms with van der Waals surface area (Å²) >= 11 is 0. The van der Waals surface area contributed by atoms with Crippen LogP contribution in [-0.4, -0.2) is 12.0 Å². The summed E-state index contributed by atoms with van der Waals surface area (Å²) in [5.74, 6) is 0. The predicted molar refractivity (Wildman–Crippen MR) is 186 cm³/mol. The van der Waals surface area contributed by atoms with Crippen molar-refractivity contribution < 1.29 is 4.92 Å². The summed E-state index contributed by atoms with van der Waals surface area (Å²) in [6.07, 6.45) is 13.7. The molecule has 1 aliphatic carbocycles. The quantitative estimate of drug-likeness (QED) is 0.110. The minimum atomic E-state index is -0.364. The molecule has 0 amide bonds. The standard InChI is InChI=1S/C41H42N2O2/c1-31-16-11-12-22-36(31)41(29-33-18-7-4-8-19-33,30-34-20-9-5-10-21-34)32(2)17-15-23-39-40(26-13-6-14-27-40)37-28-35(43(44)45)24-25-38(37)42(39)3/h4-5,7-12,15-25,28H,2,6,13-14,26-27,29-30H2,1,3H3/b17-15+,39-23+. The largest absolute Gasteiger partial charge is 0.347 e. The number of rotatable bonds is 9. The van der Waals surface area contributed by atoms with E-state index in [4.69, 9.17) is 6.58 Å². The number of allylic oxidation sites excluding steroid dienone is 5. The molecule has 1 spiro atoms. The van der Waals surface area contributed by atoms with Crippen LogP contribution in [0.1, 0.15) is 59.9 Å². The van der Waals surface area contributed by atoms with Gasteiger partial charge < -0.3 is 4.90 Å². The highest BCUT2D eigenvalue weighted by atomic mass is 16.6. The summed E-state index contributed by atoms with van der Waals surface area (Å²) in [6, 6.07) is 35.6. The number of fused-ring (bicyclic) bond motifs is 2. The van der Waals surface area contributed by atoms with Gasteiger partial charge in [-0.05, 0) is 78.1 Å². The molecule has 2 aliphatic rings. The Morgan fingerprint density at radius 2 is 1.49 bits per heavy atom. The molecule has 0 N–H and O–H groups in total. The second-order valence-corrected chi connectivity index (χ2v) is 12.8. The highest BCUT2D eigenvalue weighted by Gasteiger charge is 2.47. The maximum Gasteiger partial charge on any atom is 0.269 e. The van der Waals surface area contributed by atoms with E-state index in [9.17, 15) is 10.1 Å². The van der Waals surface area contributed by atoms with Crippen LogP contribution in [0.4, 0.5) is 11.4 Å². The Bertz CT molecular complexity index is 1710. The van der Waals surface area contributed by atoms with Gasteiger partial charge in [0.15, 0.2) is 0 Å². The van der Waals surface area contributed by atoms with E-state index in [0.717, 1.165) is 55.3 Å². The first-order valence-corrected chi connectivity index (χ1v) is 16.1. The number of aryl methyl sites for hydroxylation is 1. The van der Waals surface area contributed by atoms with E-state index in [-0.39, 0.29) is 21.4 Å². The van der Waals surface area contributed by atoms with Crippen molar-refractivity contribution in [3.8, 4) is 0 Å². The number of anilines is 1. The third-order valence-electron chi connectivity index (χ3n) is 10.2. The first kappa shape index (κ1) is 30.3. The van der Waals surface area contributed by atoms with Crippen molar-refractivity contribution in [2.45, 2.75) is 62.7 Å². The smallest absolute Gasteiger partial charge is 0.269 e. The van der Waals surface area contributed by atoms with Crippen LogP contribution in [-0.2, 0) is 23.7 Å². The fourth-order valence-electron chi connectivity index (χ4n) is 7.92. The summed E-state index contributed by atoms with van der Waals surface area (Å²) in [5, 5.41) is 11.7. The number of nitro groups is 1. The average Bonchev–Trinajstić information content (AvgIpc) is 3.27. The van der Waals surface area contributed by atoms with Gasteiger partial charge in [0.05, 0.1) is 4.92 Å². The van der Waals surface area contributed by atoms with Crippen molar-refractivity contribution >= 4 is 11.4 Å². The molecule has 6 rings (SSSR count). The molecule has 0 saturated heterocycles. The van der Waals surface area contributed by atoms with Crippen LogP contribution in [0.2, 0.25) is 0 Å². The van der Waals surface area contributed by atoms with Gasteiger partial charge >= 0.3 is 0 Å². The summed E-state index contributed by atoms with van der Waals surface area (Å²) < 4.78 is 0. The van der Waals surface area contributed by atoms with Crippen LogP contribution < -0.4 is 4.90 Å². The summed E-state index contributed by atoms with van der Waals surface area (Å²) in [5.41, 5.74) is 9.15. The Kier molecular flexibility index (Phi) is 8.58. The van der Waals surface area contributed by atoms with Gasteiger partial charge in [0, 0.05) is 41.4 Å². The molecule has 0 unspecified atom stereocenters. The average molecular weight is 595 g/mol. The van der Waals surface area contributed by atoms with Crippen molar-refractivity contribution in [3.63, 3.8) is 0 Å². The molecule has 0 radical (unpaired) electrons. The number of nitrogens with zero attached hydrogens (tertiary/aromatic N) is 2. The van der Waals surface area contributed by atoms with E-state index in [1.807, 2.05) is 12.1 Å². The third kappa shape index (κ3) is 5.78. The molecule has 1 fully saturated rings. The Morgan fingerprint density at radius 1 is 0.889 bits per heavy atom. The van der Waals surface area contributed by atoms with Crippen molar-refractivity contribution in [3.05, 3.63) is 177 Å². The number of likely N-dealkylation sites (N-methyl/N-ethyl adjacent to an activating group) is 1. The molecule has 4 aromatic rings. The number of hydrogen-bond acceptors (Lipinski definition) is 3. The maximum absolute atomic E-state index is 11.7. The van der Waals surface area contributed by atoms with Gasteiger partial charge in [0.1, 0.15) is 0 Å². The van der Waals surface area contributed by atoms with Gasteiger partial charge in [-0.15, -0.1) is 0 Å². The lowest BCUT2D eigenvalue weighted by molar-refractivity contribution is -0.384. The van der Waals surface area contributed by atoms with Gasteiger partial charge in [0.25, 0.3) is 5.69 Å². The molecule has 0 bridgehead atoms. The Hall–Kier alpha value is -4.70. The minimum Gasteiger partial charge on any atom is -0.347 e. The highest BCUT2D eigenvalue weighted by molar-refractivity contribution is 5.73. The molecular weight excluding hydrogens is 552 g/mol. The number of hydrogen-bond donors (Lipinski definition) is 0. The number of non-ortho nitro benzene ring substituents is 1. The summed E-state index contributed by atoms with van der Waals surface area (Å²) in [6.45, 7) is 6.99. The van der Waals surface area contributed by atoms with Gasteiger partial charge in [0.2, 0.25) is 0 Å². The van der Waals surface area contributed by atoms with Crippen LogP contribution in [0.3, 0.4) is 0 Å². The van der Waals surface area contributed by atoms with Crippen LogP contribution in [0, 0.1) is 17.0 Å².